The molecule has 3 heterocycles. The van der Waals surface area contributed by atoms with Crippen molar-refractivity contribution in [1.82, 2.24) is 29.2 Å². The Morgan fingerprint density at radius 3 is 2.96 bits per heavy atom. The minimum atomic E-state index is -0.183. The van der Waals surface area contributed by atoms with Crippen molar-refractivity contribution in [3.63, 3.8) is 0 Å². The van der Waals surface area contributed by atoms with E-state index >= 15 is 0 Å². The fraction of sp³-hybridized carbons (Fsp3) is 0.316. The van der Waals surface area contributed by atoms with Crippen LogP contribution in [-0.2, 0) is 19.0 Å². The first-order valence-electron chi connectivity index (χ1n) is 9.10. The van der Waals surface area contributed by atoms with E-state index in [0.717, 1.165) is 10.8 Å². The monoisotopic (exact) mass is 392 g/mol. The van der Waals surface area contributed by atoms with Crippen LogP contribution in [0.4, 0.5) is 0 Å². The molecule has 8 nitrogen and oxygen atoms in total. The molecule has 4 aliphatic carbocycles. The Labute approximate surface area is 162 Å². The Kier molecular flexibility index (Phi) is 2.42. The Bertz CT molecular complexity index is 1390. The predicted octanol–water partition coefficient (Wildman–Crippen LogP) is 1.98. The van der Waals surface area contributed by atoms with Crippen LogP contribution in [0.1, 0.15) is 34.7 Å². The minimum Gasteiger partial charge on any atom is -0.337 e. The molecule has 8 rings (SSSR count). The van der Waals surface area contributed by atoms with Gasteiger partial charge in [0.2, 0.25) is 5.89 Å². The number of benzene rings is 1. The highest BCUT2D eigenvalue weighted by atomic mass is 35.5. The lowest BCUT2D eigenvalue weighted by molar-refractivity contribution is 0.362. The van der Waals surface area contributed by atoms with Gasteiger partial charge in [0.15, 0.2) is 17.0 Å². The molecule has 0 aliphatic heterocycles. The van der Waals surface area contributed by atoms with Gasteiger partial charge in [0.05, 0.1) is 11.7 Å². The summed E-state index contributed by atoms with van der Waals surface area (Å²) in [5.74, 6) is 2.54. The van der Waals surface area contributed by atoms with Crippen molar-refractivity contribution >= 4 is 22.8 Å². The minimum absolute atomic E-state index is 0.0374. The fourth-order valence-electron chi connectivity index (χ4n) is 5.41. The predicted molar refractivity (Wildman–Crippen MR) is 98.3 cm³/mol. The van der Waals surface area contributed by atoms with Gasteiger partial charge in [-0.05, 0) is 23.1 Å². The number of imidazole rings is 1. The van der Waals surface area contributed by atoms with Gasteiger partial charge in [-0.2, -0.15) is 4.98 Å². The largest absolute Gasteiger partial charge is 0.337 e. The summed E-state index contributed by atoms with van der Waals surface area (Å²) in [6, 6.07) is 6.11. The van der Waals surface area contributed by atoms with E-state index in [4.69, 9.17) is 16.1 Å². The van der Waals surface area contributed by atoms with Gasteiger partial charge >= 0.3 is 0 Å². The molecule has 4 aromatic rings. The lowest BCUT2D eigenvalue weighted by Crippen LogP contribution is -2.22. The number of rotatable bonds is 3. The fourth-order valence-corrected chi connectivity index (χ4v) is 5.71. The summed E-state index contributed by atoms with van der Waals surface area (Å²) >= 11 is 6.42. The molecule has 2 fully saturated rings. The van der Waals surface area contributed by atoms with Crippen molar-refractivity contribution in [2.75, 3.05) is 0 Å². The Balaban J connectivity index is 1.23. The van der Waals surface area contributed by atoms with E-state index in [9.17, 15) is 4.79 Å². The van der Waals surface area contributed by atoms with Gasteiger partial charge in [0.1, 0.15) is 12.9 Å². The van der Waals surface area contributed by atoms with E-state index in [1.54, 1.807) is 17.9 Å². The zero-order chi connectivity index (χ0) is 18.8. The topological polar surface area (TPSA) is 91.6 Å². The summed E-state index contributed by atoms with van der Waals surface area (Å²) in [6.07, 6.45) is 3.04. The smallest absolute Gasteiger partial charge is 0.280 e. The Hall–Kier alpha value is -3.00. The summed E-state index contributed by atoms with van der Waals surface area (Å²) in [4.78, 5) is 25.7. The van der Waals surface area contributed by atoms with Gasteiger partial charge in [0.25, 0.3) is 5.56 Å². The van der Waals surface area contributed by atoms with E-state index in [-0.39, 0.29) is 17.5 Å². The molecule has 0 N–H and O–H groups in total. The first kappa shape index (κ1) is 15.0. The molecule has 0 saturated heterocycles. The molecular formula is C19H13ClN6O2. The van der Waals surface area contributed by atoms with Crippen LogP contribution in [0, 0.1) is 5.92 Å². The highest BCUT2D eigenvalue weighted by Crippen LogP contribution is 2.96. The molecule has 2 bridgehead atoms. The maximum atomic E-state index is 12.7. The third kappa shape index (κ3) is 1.51. The number of fused-ring (bicyclic) bond motifs is 1. The molecule has 9 heteroatoms. The van der Waals surface area contributed by atoms with Crippen molar-refractivity contribution < 1.29 is 4.52 Å². The molecule has 1 unspecified atom stereocenters. The van der Waals surface area contributed by atoms with Crippen LogP contribution in [-0.4, -0.2) is 29.2 Å². The van der Waals surface area contributed by atoms with Crippen molar-refractivity contribution in [2.45, 2.75) is 23.8 Å². The highest BCUT2D eigenvalue weighted by molar-refractivity contribution is 6.31. The quantitative estimate of drug-likeness (QED) is 0.529. The number of nitrogens with zero attached hydrogens (tertiary/aromatic N) is 6. The lowest BCUT2D eigenvalue weighted by Gasteiger charge is -2.03. The molecule has 1 aromatic carbocycles. The van der Waals surface area contributed by atoms with E-state index in [1.165, 1.54) is 22.0 Å². The summed E-state index contributed by atoms with van der Waals surface area (Å²) in [7, 11) is 1.77. The zero-order valence-electron chi connectivity index (χ0n) is 14.7. The maximum absolute atomic E-state index is 12.7. The van der Waals surface area contributed by atoms with Crippen LogP contribution in [0.25, 0.3) is 11.2 Å². The summed E-state index contributed by atoms with van der Waals surface area (Å²) in [5.41, 5.74) is 3.25. The molecule has 0 amide bonds. The SMILES string of the molecule is Cn1cnc2ncn(Cc3nc([C@]45C6c7c(Cl)cccc7[C@@H]4[C@H]65)no3)c(=O)c21. The summed E-state index contributed by atoms with van der Waals surface area (Å²) in [6.45, 7) is 0.184. The zero-order valence-corrected chi connectivity index (χ0v) is 15.5. The van der Waals surface area contributed by atoms with Crippen LogP contribution in [0.3, 0.4) is 0 Å². The Morgan fingerprint density at radius 1 is 1.25 bits per heavy atom. The van der Waals surface area contributed by atoms with Crippen LogP contribution < -0.4 is 5.56 Å². The number of aryl methyl sites for hydroxylation is 1. The van der Waals surface area contributed by atoms with Gasteiger partial charge < -0.3 is 9.09 Å². The van der Waals surface area contributed by atoms with Gasteiger partial charge in [-0.3, -0.25) is 9.36 Å². The van der Waals surface area contributed by atoms with Crippen LogP contribution in [0.5, 0.6) is 0 Å². The third-order valence-corrected chi connectivity index (χ3v) is 7.00. The molecule has 2 saturated carbocycles. The van der Waals surface area contributed by atoms with Crippen LogP contribution in [0.2, 0.25) is 5.02 Å². The molecule has 28 heavy (non-hydrogen) atoms. The van der Waals surface area contributed by atoms with Gasteiger partial charge in [-0.25, -0.2) is 9.97 Å². The third-order valence-electron chi connectivity index (χ3n) is 6.68. The molecule has 0 spiro atoms. The van der Waals surface area contributed by atoms with E-state index in [1.807, 2.05) is 12.1 Å². The average Bonchev–Trinajstić information content (AvgIpc) is 3.16. The lowest BCUT2D eigenvalue weighted by atomic mass is 10.0. The number of aromatic nitrogens is 6. The van der Waals surface area contributed by atoms with E-state index in [0.29, 0.717) is 34.8 Å². The molecule has 3 aromatic heterocycles. The van der Waals surface area contributed by atoms with Gasteiger partial charge in [0, 0.05) is 23.9 Å². The Morgan fingerprint density at radius 2 is 2.11 bits per heavy atom. The van der Waals surface area contributed by atoms with Crippen molar-refractivity contribution in [2.24, 2.45) is 13.0 Å². The summed E-state index contributed by atoms with van der Waals surface area (Å²) < 4.78 is 8.62. The molecule has 0 radical (unpaired) electrons. The number of hydrogen-bond donors (Lipinski definition) is 0. The standard InChI is InChI=1S/C19H13ClN6O2/c1-25-6-21-16-15(25)17(27)26(7-22-16)5-10-23-18(24-28-10)19-12-8-3-2-4-9(20)11(8)13(19)14(12)19/h2-4,6-7,12-14H,5H2,1H3/t12-,13?,14-,19+/m1/s1. The van der Waals surface area contributed by atoms with Crippen molar-refractivity contribution in [3.8, 4) is 0 Å². The second-order valence-electron chi connectivity index (χ2n) is 7.87. The molecular weight excluding hydrogens is 380 g/mol. The first-order chi connectivity index (χ1) is 13.6. The van der Waals surface area contributed by atoms with E-state index < -0.39 is 0 Å². The highest BCUT2D eigenvalue weighted by Gasteiger charge is 2.94. The van der Waals surface area contributed by atoms with Gasteiger partial charge in [-0.1, -0.05) is 28.9 Å². The summed E-state index contributed by atoms with van der Waals surface area (Å²) in [5, 5.41) is 5.09. The average molecular weight is 393 g/mol. The maximum Gasteiger partial charge on any atom is 0.280 e. The van der Waals surface area contributed by atoms with Crippen molar-refractivity contribution in [3.05, 3.63) is 69.1 Å². The number of halogens is 1. The number of hydrogen-bond acceptors (Lipinski definition) is 6. The normalized spacial score (nSPS) is 28.4. The van der Waals surface area contributed by atoms with Crippen molar-refractivity contribution in [1.29, 1.82) is 0 Å². The second kappa shape index (κ2) is 4.52. The molecule has 4 atom stereocenters. The van der Waals surface area contributed by atoms with Gasteiger partial charge in [-0.15, -0.1) is 0 Å². The second-order valence-corrected chi connectivity index (χ2v) is 8.28. The van der Waals surface area contributed by atoms with E-state index in [2.05, 4.69) is 26.2 Å². The first-order valence-corrected chi connectivity index (χ1v) is 9.48. The van der Waals surface area contributed by atoms with Crippen LogP contribution >= 0.6 is 11.6 Å². The van der Waals surface area contributed by atoms with Crippen LogP contribution in [0.15, 0.2) is 40.2 Å². The molecule has 138 valence electrons. The molecule has 4 aliphatic rings.